The minimum Gasteiger partial charge on any atom is -0.497 e. The summed E-state index contributed by atoms with van der Waals surface area (Å²) in [4.78, 5) is 12.7. The molecule has 0 saturated heterocycles. The number of carbonyl (C=O) groups excluding carboxylic acids is 1. The van der Waals surface area contributed by atoms with E-state index in [2.05, 4.69) is 10.5 Å². The maximum absolute atomic E-state index is 12.7. The Balaban J connectivity index is 1.27. The van der Waals surface area contributed by atoms with Crippen molar-refractivity contribution < 1.29 is 14.3 Å². The quantitative estimate of drug-likeness (QED) is 0.171. The first-order valence-corrected chi connectivity index (χ1v) is 12.6. The zero-order chi connectivity index (χ0) is 27.0. The Morgan fingerprint density at radius 2 is 1.62 bits per heavy atom. The van der Waals surface area contributed by atoms with Gasteiger partial charge in [-0.1, -0.05) is 41.9 Å². The lowest BCUT2D eigenvalue weighted by molar-refractivity contribution is 0.0955. The van der Waals surface area contributed by atoms with E-state index >= 15 is 0 Å². The van der Waals surface area contributed by atoms with E-state index in [0.29, 0.717) is 22.9 Å². The molecule has 0 spiro atoms. The summed E-state index contributed by atoms with van der Waals surface area (Å²) >= 11 is 5.92. The van der Waals surface area contributed by atoms with Gasteiger partial charge in [0.1, 0.15) is 23.8 Å². The second kappa shape index (κ2) is 12.1. The Morgan fingerprint density at radius 1 is 0.923 bits per heavy atom. The molecule has 0 bridgehead atoms. The number of nitrogens with one attached hydrogen (secondary N) is 1. The van der Waals surface area contributed by atoms with Crippen LogP contribution in [0.25, 0.3) is 16.9 Å². The third-order valence-electron chi connectivity index (χ3n) is 5.93. The molecule has 0 atom stereocenters. The number of para-hydroxylation sites is 1. The first-order valence-electron chi connectivity index (χ1n) is 12.2. The number of hydrazone groups is 1. The summed E-state index contributed by atoms with van der Waals surface area (Å²) in [5.41, 5.74) is 7.33. The molecule has 0 aliphatic heterocycles. The zero-order valence-electron chi connectivity index (χ0n) is 21.1. The maximum atomic E-state index is 12.7. The Labute approximate surface area is 231 Å². The predicted molar refractivity (Wildman–Crippen MR) is 153 cm³/mol. The molecule has 1 amide bonds. The van der Waals surface area contributed by atoms with Crippen molar-refractivity contribution in [2.75, 3.05) is 7.11 Å². The van der Waals surface area contributed by atoms with E-state index < -0.39 is 0 Å². The van der Waals surface area contributed by atoms with Gasteiger partial charge in [-0.15, -0.1) is 0 Å². The van der Waals surface area contributed by atoms with Crippen LogP contribution in [0.2, 0.25) is 5.02 Å². The molecular weight excluding hydrogens is 512 g/mol. The monoisotopic (exact) mass is 536 g/mol. The van der Waals surface area contributed by atoms with Gasteiger partial charge in [0.05, 0.1) is 19.0 Å². The first kappa shape index (κ1) is 25.8. The third kappa shape index (κ3) is 6.52. The summed E-state index contributed by atoms with van der Waals surface area (Å²) in [6.07, 6.45) is 3.46. The van der Waals surface area contributed by atoms with Crippen LogP contribution in [-0.4, -0.2) is 29.0 Å². The molecular formula is C31H25ClN4O3. The number of methoxy groups -OCH3 is 1. The predicted octanol–water partition coefficient (Wildman–Crippen LogP) is 6.54. The topological polar surface area (TPSA) is 77.7 Å². The van der Waals surface area contributed by atoms with Crippen molar-refractivity contribution in [3.63, 3.8) is 0 Å². The largest absolute Gasteiger partial charge is 0.497 e. The van der Waals surface area contributed by atoms with Crippen molar-refractivity contribution in [2.24, 2.45) is 5.10 Å². The fourth-order valence-electron chi connectivity index (χ4n) is 3.84. The highest BCUT2D eigenvalue weighted by Gasteiger charge is 2.12. The summed E-state index contributed by atoms with van der Waals surface area (Å²) in [6, 6.07) is 31.8. The van der Waals surface area contributed by atoms with Crippen LogP contribution in [0.4, 0.5) is 0 Å². The molecule has 4 aromatic carbocycles. The van der Waals surface area contributed by atoms with Gasteiger partial charge in [0.25, 0.3) is 5.91 Å². The van der Waals surface area contributed by atoms with Crippen LogP contribution in [0.15, 0.2) is 114 Å². The van der Waals surface area contributed by atoms with Gasteiger partial charge in [-0.2, -0.15) is 10.2 Å². The fourth-order valence-corrected chi connectivity index (χ4v) is 3.97. The number of nitrogens with zero attached hydrogens (tertiary/aromatic N) is 3. The molecule has 0 radical (unpaired) electrons. The van der Waals surface area contributed by atoms with E-state index in [4.69, 9.17) is 26.2 Å². The molecule has 5 aromatic rings. The van der Waals surface area contributed by atoms with Crippen molar-refractivity contribution in [3.05, 3.63) is 131 Å². The SMILES string of the molecule is COc1ccc(-c2nn(-c3ccccc3)cc2/C=N/NC(=O)c2ccc(OCc3ccc(Cl)cc3)cc2)cc1. The smallest absolute Gasteiger partial charge is 0.271 e. The van der Waals surface area contributed by atoms with Gasteiger partial charge in [0.2, 0.25) is 0 Å². The van der Waals surface area contributed by atoms with Crippen LogP contribution >= 0.6 is 11.6 Å². The lowest BCUT2D eigenvalue weighted by Crippen LogP contribution is -2.17. The minimum absolute atomic E-state index is 0.336. The number of rotatable bonds is 9. The molecule has 1 heterocycles. The van der Waals surface area contributed by atoms with Crippen molar-refractivity contribution in [1.29, 1.82) is 0 Å². The van der Waals surface area contributed by atoms with Crippen molar-refractivity contribution >= 4 is 23.7 Å². The molecule has 0 aliphatic rings. The molecule has 1 aromatic heterocycles. The molecule has 0 unspecified atom stereocenters. The van der Waals surface area contributed by atoms with Crippen molar-refractivity contribution in [1.82, 2.24) is 15.2 Å². The number of hydrogen-bond donors (Lipinski definition) is 1. The molecule has 8 heteroatoms. The number of amides is 1. The Kier molecular flexibility index (Phi) is 8.00. The third-order valence-corrected chi connectivity index (χ3v) is 6.18. The van der Waals surface area contributed by atoms with Gasteiger partial charge in [0.15, 0.2) is 0 Å². The van der Waals surface area contributed by atoms with Crippen LogP contribution in [0, 0.1) is 0 Å². The van der Waals surface area contributed by atoms with Crippen LogP contribution in [0.3, 0.4) is 0 Å². The lowest BCUT2D eigenvalue weighted by atomic mass is 10.1. The number of halogens is 1. The molecule has 1 N–H and O–H groups in total. The molecule has 7 nitrogen and oxygen atoms in total. The highest BCUT2D eigenvalue weighted by Crippen LogP contribution is 2.25. The summed E-state index contributed by atoms with van der Waals surface area (Å²) in [5, 5.41) is 9.65. The van der Waals surface area contributed by atoms with Crippen LogP contribution in [0.5, 0.6) is 11.5 Å². The standard InChI is InChI=1S/C31H25ClN4O3/c1-38-28-15-9-23(10-16-28)30-25(20-36(35-30)27-5-3-2-4-6-27)19-33-34-31(37)24-11-17-29(18-12-24)39-21-22-7-13-26(32)14-8-22/h2-20H,21H2,1H3,(H,34,37)/b33-19+. The summed E-state index contributed by atoms with van der Waals surface area (Å²) < 4.78 is 12.9. The Hall–Kier alpha value is -4.88. The van der Waals surface area contributed by atoms with E-state index in [1.165, 1.54) is 0 Å². The Bertz CT molecular complexity index is 1560. The van der Waals surface area contributed by atoms with E-state index in [9.17, 15) is 4.79 Å². The highest BCUT2D eigenvalue weighted by molar-refractivity contribution is 6.30. The van der Waals surface area contributed by atoms with Gasteiger partial charge in [-0.3, -0.25) is 4.79 Å². The first-order chi connectivity index (χ1) is 19.1. The van der Waals surface area contributed by atoms with E-state index in [1.807, 2.05) is 85.1 Å². The van der Waals surface area contributed by atoms with Crippen molar-refractivity contribution in [2.45, 2.75) is 6.61 Å². The second-order valence-electron chi connectivity index (χ2n) is 8.58. The number of hydrogen-bond acceptors (Lipinski definition) is 5. The molecule has 0 aliphatic carbocycles. The van der Waals surface area contributed by atoms with E-state index in [0.717, 1.165) is 33.8 Å². The normalized spacial score (nSPS) is 10.9. The number of benzene rings is 4. The molecule has 5 rings (SSSR count). The lowest BCUT2D eigenvalue weighted by Gasteiger charge is -2.07. The Morgan fingerprint density at radius 3 is 2.31 bits per heavy atom. The van der Waals surface area contributed by atoms with Gasteiger partial charge in [0, 0.05) is 27.9 Å². The fraction of sp³-hybridized carbons (Fsp3) is 0.0645. The maximum Gasteiger partial charge on any atom is 0.271 e. The summed E-state index contributed by atoms with van der Waals surface area (Å²) in [7, 11) is 1.63. The number of carbonyl (C=O) groups is 1. The highest BCUT2D eigenvalue weighted by atomic mass is 35.5. The summed E-state index contributed by atoms with van der Waals surface area (Å²) in [6.45, 7) is 0.403. The molecule has 39 heavy (non-hydrogen) atoms. The minimum atomic E-state index is -0.336. The van der Waals surface area contributed by atoms with E-state index in [-0.39, 0.29) is 5.91 Å². The summed E-state index contributed by atoms with van der Waals surface area (Å²) in [5.74, 6) is 1.07. The van der Waals surface area contributed by atoms with Crippen LogP contribution in [0.1, 0.15) is 21.5 Å². The van der Waals surface area contributed by atoms with Gasteiger partial charge in [-0.05, 0) is 78.4 Å². The van der Waals surface area contributed by atoms with Crippen LogP contribution < -0.4 is 14.9 Å². The van der Waals surface area contributed by atoms with E-state index in [1.54, 1.807) is 42.3 Å². The van der Waals surface area contributed by atoms with Gasteiger partial charge >= 0.3 is 0 Å². The average Bonchev–Trinajstić information content (AvgIpc) is 3.42. The average molecular weight is 537 g/mol. The zero-order valence-corrected chi connectivity index (χ0v) is 21.9. The second-order valence-corrected chi connectivity index (χ2v) is 9.02. The number of aromatic nitrogens is 2. The molecule has 0 saturated carbocycles. The molecule has 0 fully saturated rings. The van der Waals surface area contributed by atoms with Crippen LogP contribution in [-0.2, 0) is 6.61 Å². The van der Waals surface area contributed by atoms with Gasteiger partial charge < -0.3 is 9.47 Å². The number of ether oxygens (including phenoxy) is 2. The van der Waals surface area contributed by atoms with Gasteiger partial charge in [-0.25, -0.2) is 10.1 Å². The molecule has 194 valence electrons. The van der Waals surface area contributed by atoms with Crippen molar-refractivity contribution in [3.8, 4) is 28.4 Å².